The molecule has 160 valence electrons. The number of carbonyl (C=O) groups excluding carboxylic acids is 3. The van der Waals surface area contributed by atoms with Gasteiger partial charge in [0.05, 0.1) is 0 Å². The van der Waals surface area contributed by atoms with Gasteiger partial charge in [-0.2, -0.15) is 0 Å². The van der Waals surface area contributed by atoms with Crippen LogP contribution in [-0.4, -0.2) is 61.5 Å². The number of rotatable bonds is 8. The Kier molecular flexibility index (Phi) is 8.64. The summed E-state index contributed by atoms with van der Waals surface area (Å²) in [5.41, 5.74) is 1.60. The minimum absolute atomic E-state index is 0.0277. The molecule has 7 heteroatoms. The number of benzene rings is 1. The van der Waals surface area contributed by atoms with Crippen molar-refractivity contribution in [2.45, 2.75) is 52.1 Å². The van der Waals surface area contributed by atoms with Gasteiger partial charge in [-0.3, -0.25) is 14.4 Å². The predicted octanol–water partition coefficient (Wildman–Crippen LogP) is 1.89. The van der Waals surface area contributed by atoms with Crippen LogP contribution in [0.25, 0.3) is 0 Å². The number of aryl methyl sites for hydroxylation is 1. The molecule has 1 aromatic rings. The van der Waals surface area contributed by atoms with Crippen molar-refractivity contribution in [3.8, 4) is 0 Å². The molecule has 1 aliphatic heterocycles. The Bertz CT molecular complexity index is 697. The smallest absolute Gasteiger partial charge is 0.251 e. The molecule has 29 heavy (non-hydrogen) atoms. The number of piperidine rings is 1. The average molecular weight is 404 g/mol. The Hall–Kier alpha value is -2.41. The molecule has 0 spiro atoms. The van der Waals surface area contributed by atoms with Crippen molar-refractivity contribution in [1.82, 2.24) is 15.5 Å². The fraction of sp³-hybridized carbons (Fsp3) is 0.591. The zero-order valence-corrected chi connectivity index (χ0v) is 17.9. The molecule has 0 bridgehead atoms. The summed E-state index contributed by atoms with van der Waals surface area (Å²) in [5.74, 6) is -0.496. The number of amides is 3. The predicted molar refractivity (Wildman–Crippen MR) is 112 cm³/mol. The van der Waals surface area contributed by atoms with Crippen molar-refractivity contribution in [3.63, 3.8) is 0 Å². The van der Waals surface area contributed by atoms with E-state index in [1.54, 1.807) is 17.0 Å². The van der Waals surface area contributed by atoms with Gasteiger partial charge < -0.3 is 20.3 Å². The summed E-state index contributed by atoms with van der Waals surface area (Å²) in [7, 11) is 1.50. The van der Waals surface area contributed by atoms with Crippen molar-refractivity contribution in [1.29, 1.82) is 0 Å². The van der Waals surface area contributed by atoms with Crippen LogP contribution in [0, 0.1) is 12.8 Å². The quantitative estimate of drug-likeness (QED) is 0.694. The summed E-state index contributed by atoms with van der Waals surface area (Å²) >= 11 is 0. The lowest BCUT2D eigenvalue weighted by molar-refractivity contribution is -0.136. The van der Waals surface area contributed by atoms with E-state index in [1.807, 2.05) is 32.9 Å². The van der Waals surface area contributed by atoms with Crippen molar-refractivity contribution in [2.75, 3.05) is 26.8 Å². The van der Waals surface area contributed by atoms with Crippen molar-refractivity contribution >= 4 is 17.7 Å². The third-order valence-electron chi connectivity index (χ3n) is 5.52. The highest BCUT2D eigenvalue weighted by molar-refractivity contribution is 5.97. The van der Waals surface area contributed by atoms with Crippen LogP contribution in [0.1, 0.15) is 49.0 Å². The Morgan fingerprint density at radius 1 is 1.14 bits per heavy atom. The van der Waals surface area contributed by atoms with E-state index in [1.165, 1.54) is 7.11 Å². The van der Waals surface area contributed by atoms with Crippen LogP contribution >= 0.6 is 0 Å². The minimum atomic E-state index is -0.627. The fourth-order valence-corrected chi connectivity index (χ4v) is 3.46. The molecule has 1 saturated heterocycles. The molecule has 7 nitrogen and oxygen atoms in total. The molecule has 0 unspecified atom stereocenters. The molecular formula is C22H33N3O4. The summed E-state index contributed by atoms with van der Waals surface area (Å²) in [6.45, 7) is 7.09. The van der Waals surface area contributed by atoms with Crippen LogP contribution in [0.2, 0.25) is 0 Å². The monoisotopic (exact) mass is 403 g/mol. The van der Waals surface area contributed by atoms with E-state index in [9.17, 15) is 14.4 Å². The summed E-state index contributed by atoms with van der Waals surface area (Å²) in [4.78, 5) is 39.5. The van der Waals surface area contributed by atoms with Crippen LogP contribution in [0.5, 0.6) is 0 Å². The van der Waals surface area contributed by atoms with Crippen molar-refractivity contribution in [3.05, 3.63) is 35.4 Å². The first kappa shape index (κ1) is 22.9. The lowest BCUT2D eigenvalue weighted by Gasteiger charge is -2.36. The minimum Gasteiger partial charge on any atom is -0.375 e. The first-order chi connectivity index (χ1) is 13.8. The molecule has 2 atom stereocenters. The van der Waals surface area contributed by atoms with Gasteiger partial charge in [-0.05, 0) is 51.2 Å². The number of likely N-dealkylation sites (tertiary alicyclic amines) is 1. The first-order valence-electron chi connectivity index (χ1n) is 10.3. The van der Waals surface area contributed by atoms with Crippen molar-refractivity contribution in [2.24, 2.45) is 5.92 Å². The molecule has 1 heterocycles. The normalized spacial score (nSPS) is 16.8. The second-order valence-electron chi connectivity index (χ2n) is 7.79. The van der Waals surface area contributed by atoms with Gasteiger partial charge in [0.2, 0.25) is 11.8 Å². The molecular weight excluding hydrogens is 370 g/mol. The lowest BCUT2D eigenvalue weighted by atomic mass is 9.88. The number of carbonyl (C=O) groups is 3. The summed E-state index contributed by atoms with van der Waals surface area (Å²) in [5, 5.41) is 5.93. The van der Waals surface area contributed by atoms with Crippen molar-refractivity contribution < 1.29 is 19.1 Å². The molecule has 0 radical (unpaired) electrons. The molecule has 0 aliphatic carbocycles. The highest BCUT2D eigenvalue weighted by Gasteiger charge is 2.34. The van der Waals surface area contributed by atoms with E-state index < -0.39 is 6.04 Å². The van der Waals surface area contributed by atoms with E-state index in [4.69, 9.17) is 4.74 Å². The van der Waals surface area contributed by atoms with Gasteiger partial charge in [0.15, 0.2) is 0 Å². The van der Waals surface area contributed by atoms with Gasteiger partial charge in [0.1, 0.15) is 12.6 Å². The Morgan fingerprint density at radius 3 is 2.31 bits per heavy atom. The van der Waals surface area contributed by atoms with Gasteiger partial charge in [0.25, 0.3) is 5.91 Å². The number of methoxy groups -OCH3 is 1. The summed E-state index contributed by atoms with van der Waals surface area (Å²) in [6.07, 6.45) is 2.12. The number of nitrogens with one attached hydrogen (secondary N) is 2. The van der Waals surface area contributed by atoms with Gasteiger partial charge >= 0.3 is 0 Å². The third-order valence-corrected chi connectivity index (χ3v) is 5.52. The molecule has 1 aliphatic rings. The second kappa shape index (κ2) is 11.0. The van der Waals surface area contributed by atoms with E-state index >= 15 is 0 Å². The number of ether oxygens (including phenoxy) is 1. The third kappa shape index (κ3) is 6.56. The van der Waals surface area contributed by atoms with E-state index in [-0.39, 0.29) is 36.3 Å². The maximum atomic E-state index is 12.9. The number of nitrogens with zero attached hydrogens (tertiary/aromatic N) is 1. The maximum absolute atomic E-state index is 12.9. The van der Waals surface area contributed by atoms with Crippen LogP contribution in [0.4, 0.5) is 0 Å². The van der Waals surface area contributed by atoms with Gasteiger partial charge in [-0.25, -0.2) is 0 Å². The Labute approximate surface area is 173 Å². The average Bonchev–Trinajstić information content (AvgIpc) is 2.72. The Balaban J connectivity index is 2.09. The van der Waals surface area contributed by atoms with E-state index in [0.29, 0.717) is 31.5 Å². The zero-order chi connectivity index (χ0) is 21.4. The number of hydrogen-bond donors (Lipinski definition) is 2. The molecule has 2 rings (SSSR count). The summed E-state index contributed by atoms with van der Waals surface area (Å²) in [6, 6.07) is 6.69. The second-order valence-corrected chi connectivity index (χ2v) is 7.79. The largest absolute Gasteiger partial charge is 0.375 e. The topological polar surface area (TPSA) is 87.7 Å². The van der Waals surface area contributed by atoms with Gasteiger partial charge in [-0.15, -0.1) is 0 Å². The van der Waals surface area contributed by atoms with Gasteiger partial charge in [-0.1, -0.05) is 24.6 Å². The molecule has 1 aromatic carbocycles. The molecule has 0 saturated carbocycles. The van der Waals surface area contributed by atoms with E-state index in [0.717, 1.165) is 12.0 Å². The molecule has 0 aromatic heterocycles. The highest BCUT2D eigenvalue weighted by Crippen LogP contribution is 2.22. The van der Waals surface area contributed by atoms with E-state index in [2.05, 4.69) is 10.6 Å². The van der Waals surface area contributed by atoms with Crippen LogP contribution in [0.3, 0.4) is 0 Å². The van der Waals surface area contributed by atoms with Crippen LogP contribution in [-0.2, 0) is 14.3 Å². The standard InChI is InChI=1S/C22H33N3O4/c1-5-16(3)23-22(28)20(24-21(27)18-8-6-15(2)7-9-18)17-10-12-25(13-11-17)19(26)14-29-4/h6-9,16-17,20H,5,10-14H2,1-4H3,(H,23,28)(H,24,27)/t16-,20-/m0/s1. The summed E-state index contributed by atoms with van der Waals surface area (Å²) < 4.78 is 4.92. The van der Waals surface area contributed by atoms with Crippen LogP contribution in [0.15, 0.2) is 24.3 Å². The zero-order valence-electron chi connectivity index (χ0n) is 17.9. The molecule has 2 N–H and O–H groups in total. The van der Waals surface area contributed by atoms with Crippen LogP contribution < -0.4 is 10.6 Å². The molecule has 1 fully saturated rings. The Morgan fingerprint density at radius 2 is 1.76 bits per heavy atom. The fourth-order valence-electron chi connectivity index (χ4n) is 3.46. The van der Waals surface area contributed by atoms with Gasteiger partial charge in [0, 0.05) is 31.8 Å². The maximum Gasteiger partial charge on any atom is 0.251 e. The lowest BCUT2D eigenvalue weighted by Crippen LogP contribution is -2.55. The number of hydrogen-bond acceptors (Lipinski definition) is 4. The highest BCUT2D eigenvalue weighted by atomic mass is 16.5. The molecule has 3 amide bonds. The first-order valence-corrected chi connectivity index (χ1v) is 10.3. The SMILES string of the molecule is CC[C@H](C)NC(=O)[C@@H](NC(=O)c1ccc(C)cc1)C1CCN(C(=O)COC)CC1.